The molecule has 0 aliphatic rings. The van der Waals surface area contributed by atoms with Gasteiger partial charge in [-0.2, -0.15) is 0 Å². The normalized spacial score (nSPS) is 12.6. The first-order chi connectivity index (χ1) is 5.07. The van der Waals surface area contributed by atoms with E-state index in [0.717, 1.165) is 0 Å². The van der Waals surface area contributed by atoms with Crippen molar-refractivity contribution in [3.8, 4) is 0 Å². The van der Waals surface area contributed by atoms with Crippen molar-refractivity contribution in [3.05, 3.63) is 0 Å². The lowest BCUT2D eigenvalue weighted by Gasteiger charge is -2.15. The van der Waals surface area contributed by atoms with E-state index in [2.05, 4.69) is 5.32 Å². The third-order valence-electron chi connectivity index (χ3n) is 1.08. The Morgan fingerprint density at radius 3 is 2.55 bits per heavy atom. The van der Waals surface area contributed by atoms with Crippen molar-refractivity contribution in [3.63, 3.8) is 0 Å². The highest BCUT2D eigenvalue weighted by Crippen LogP contribution is 1.85. The zero-order chi connectivity index (χ0) is 8.85. The highest BCUT2D eigenvalue weighted by molar-refractivity contribution is 5.76. The fourth-order valence-electron chi connectivity index (χ4n) is 0.622. The molecule has 0 saturated carbocycles. The SMILES string of the molecule is CN(C)CC(N[C]=O)C(=O)O. The summed E-state index contributed by atoms with van der Waals surface area (Å²) in [7, 11) is 3.45. The predicted octanol–water partition coefficient (Wildman–Crippen LogP) is -1.34. The summed E-state index contributed by atoms with van der Waals surface area (Å²) in [4.78, 5) is 21.8. The minimum atomic E-state index is -1.05. The van der Waals surface area contributed by atoms with Crippen molar-refractivity contribution in [2.24, 2.45) is 0 Å². The molecule has 0 aromatic rings. The van der Waals surface area contributed by atoms with Crippen molar-refractivity contribution in [1.29, 1.82) is 0 Å². The van der Waals surface area contributed by atoms with Crippen LogP contribution in [0.4, 0.5) is 0 Å². The van der Waals surface area contributed by atoms with Crippen LogP contribution in [0.3, 0.4) is 0 Å². The van der Waals surface area contributed by atoms with Gasteiger partial charge in [-0.3, -0.25) is 4.79 Å². The summed E-state index contributed by atoms with van der Waals surface area (Å²) in [6.45, 7) is 0.268. The molecule has 5 nitrogen and oxygen atoms in total. The Morgan fingerprint density at radius 2 is 2.27 bits per heavy atom. The van der Waals surface area contributed by atoms with Gasteiger partial charge in [0.1, 0.15) is 6.04 Å². The van der Waals surface area contributed by atoms with Crippen molar-refractivity contribution in [1.82, 2.24) is 10.2 Å². The third kappa shape index (κ3) is 4.32. The maximum Gasteiger partial charge on any atom is 0.327 e. The fourth-order valence-corrected chi connectivity index (χ4v) is 0.622. The number of likely N-dealkylation sites (N-methyl/N-ethyl adjacent to an activating group) is 1. The first-order valence-corrected chi connectivity index (χ1v) is 3.08. The lowest BCUT2D eigenvalue weighted by molar-refractivity contribution is -0.139. The number of carboxylic acids is 1. The summed E-state index contributed by atoms with van der Waals surface area (Å²) in [5.74, 6) is -1.05. The summed E-state index contributed by atoms with van der Waals surface area (Å²) < 4.78 is 0. The molecule has 0 rings (SSSR count). The van der Waals surface area contributed by atoms with Crippen LogP contribution >= 0.6 is 0 Å². The molecule has 0 saturated heterocycles. The van der Waals surface area contributed by atoms with Crippen molar-refractivity contribution in [2.45, 2.75) is 6.04 Å². The number of carbonyl (C=O) groups excluding carboxylic acids is 1. The third-order valence-corrected chi connectivity index (χ3v) is 1.08. The Morgan fingerprint density at radius 1 is 1.73 bits per heavy atom. The Balaban J connectivity index is 3.88. The molecule has 0 heterocycles. The molecule has 1 amide bonds. The van der Waals surface area contributed by atoms with Gasteiger partial charge in [0, 0.05) is 6.54 Å². The molecule has 0 aromatic carbocycles. The molecule has 1 atom stereocenters. The zero-order valence-electron chi connectivity index (χ0n) is 6.50. The molecule has 1 unspecified atom stereocenters. The number of aliphatic carboxylic acids is 1. The molecule has 0 aliphatic carbocycles. The van der Waals surface area contributed by atoms with Gasteiger partial charge in [0.2, 0.25) is 0 Å². The number of hydrogen-bond acceptors (Lipinski definition) is 3. The molecule has 5 heteroatoms. The second-order valence-electron chi connectivity index (χ2n) is 2.40. The highest BCUT2D eigenvalue weighted by atomic mass is 16.4. The number of hydrogen-bond donors (Lipinski definition) is 2. The van der Waals surface area contributed by atoms with Crippen LogP contribution in [-0.4, -0.2) is 49.1 Å². The molecule has 0 fully saturated rings. The molecule has 0 bridgehead atoms. The number of rotatable bonds is 5. The second-order valence-corrected chi connectivity index (χ2v) is 2.40. The monoisotopic (exact) mass is 159 g/mol. The molecule has 63 valence electrons. The van der Waals surface area contributed by atoms with Gasteiger partial charge in [-0.05, 0) is 14.1 Å². The van der Waals surface area contributed by atoms with Gasteiger partial charge in [-0.15, -0.1) is 0 Å². The van der Waals surface area contributed by atoms with Gasteiger partial charge < -0.3 is 15.3 Å². The second kappa shape index (κ2) is 4.68. The quantitative estimate of drug-likeness (QED) is 0.487. The summed E-state index contributed by atoms with van der Waals surface area (Å²) in [6, 6.07) is -0.873. The van der Waals surface area contributed by atoms with Crippen LogP contribution in [0, 0.1) is 0 Å². The van der Waals surface area contributed by atoms with E-state index in [1.54, 1.807) is 19.0 Å². The summed E-state index contributed by atoms with van der Waals surface area (Å²) in [5.41, 5.74) is 0. The van der Waals surface area contributed by atoms with E-state index in [1.807, 2.05) is 0 Å². The van der Waals surface area contributed by atoms with Crippen LogP contribution in [0.5, 0.6) is 0 Å². The van der Waals surface area contributed by atoms with Crippen molar-refractivity contribution in [2.75, 3.05) is 20.6 Å². The van der Waals surface area contributed by atoms with Crippen LogP contribution in [0.1, 0.15) is 0 Å². The fraction of sp³-hybridized carbons (Fsp3) is 0.667. The maximum atomic E-state index is 10.4. The summed E-state index contributed by atoms with van der Waals surface area (Å²) in [6.07, 6.45) is 1.35. The molecular formula is C6H11N2O3. The van der Waals surface area contributed by atoms with E-state index in [0.29, 0.717) is 0 Å². The standard InChI is InChI=1S/C6H11N2O3/c1-8(2)3-5(6(10)11)7-4-9/h5H,3H2,1-2H3,(H,7,9)(H,10,11). The van der Waals surface area contributed by atoms with Crippen LogP contribution in [0.2, 0.25) is 0 Å². The maximum absolute atomic E-state index is 10.4. The van der Waals surface area contributed by atoms with Crippen molar-refractivity contribution >= 4 is 12.4 Å². The average Bonchev–Trinajstić information content (AvgIpc) is 1.86. The Bertz CT molecular complexity index is 147. The Hall–Kier alpha value is -1.10. The topological polar surface area (TPSA) is 69.6 Å². The van der Waals surface area contributed by atoms with Crippen LogP contribution in [0.25, 0.3) is 0 Å². The lowest BCUT2D eigenvalue weighted by atomic mass is 10.3. The molecule has 0 aromatic heterocycles. The number of nitrogens with one attached hydrogen (secondary N) is 1. The van der Waals surface area contributed by atoms with E-state index in [-0.39, 0.29) is 6.54 Å². The largest absolute Gasteiger partial charge is 0.480 e. The van der Waals surface area contributed by atoms with Gasteiger partial charge in [-0.1, -0.05) is 0 Å². The molecule has 2 N–H and O–H groups in total. The zero-order valence-corrected chi connectivity index (χ0v) is 6.50. The molecule has 0 aliphatic heterocycles. The minimum Gasteiger partial charge on any atom is -0.480 e. The summed E-state index contributed by atoms with van der Waals surface area (Å²) in [5, 5.41) is 10.6. The number of carbonyl (C=O) groups is 1. The Kier molecular flexibility index (Phi) is 4.21. The molecule has 1 radical (unpaired) electrons. The van der Waals surface area contributed by atoms with E-state index in [1.165, 1.54) is 6.41 Å². The van der Waals surface area contributed by atoms with E-state index >= 15 is 0 Å². The first-order valence-electron chi connectivity index (χ1n) is 3.08. The predicted molar refractivity (Wildman–Crippen MR) is 38.8 cm³/mol. The number of amides is 1. The average molecular weight is 159 g/mol. The smallest absolute Gasteiger partial charge is 0.327 e. The van der Waals surface area contributed by atoms with E-state index in [4.69, 9.17) is 5.11 Å². The van der Waals surface area contributed by atoms with E-state index in [9.17, 15) is 9.59 Å². The molecular weight excluding hydrogens is 148 g/mol. The molecule has 0 spiro atoms. The van der Waals surface area contributed by atoms with Crippen LogP contribution in [0.15, 0.2) is 0 Å². The minimum absolute atomic E-state index is 0.268. The van der Waals surface area contributed by atoms with Crippen LogP contribution in [-0.2, 0) is 9.59 Å². The first kappa shape index (κ1) is 9.90. The van der Waals surface area contributed by atoms with Crippen LogP contribution < -0.4 is 5.32 Å². The molecule has 11 heavy (non-hydrogen) atoms. The van der Waals surface area contributed by atoms with E-state index < -0.39 is 12.0 Å². The highest BCUT2D eigenvalue weighted by Gasteiger charge is 2.16. The van der Waals surface area contributed by atoms with Crippen molar-refractivity contribution < 1.29 is 14.7 Å². The lowest BCUT2D eigenvalue weighted by Crippen LogP contribution is -2.43. The number of carboxylic acid groups (broad SMARTS) is 1. The van der Waals surface area contributed by atoms with Gasteiger partial charge >= 0.3 is 12.4 Å². The van der Waals surface area contributed by atoms with Gasteiger partial charge in [-0.25, -0.2) is 4.79 Å². The number of nitrogens with zero attached hydrogens (tertiary/aromatic N) is 1. The van der Waals surface area contributed by atoms with Gasteiger partial charge in [0.15, 0.2) is 0 Å². The van der Waals surface area contributed by atoms with Gasteiger partial charge in [0.25, 0.3) is 0 Å². The Labute approximate surface area is 65.0 Å². The van der Waals surface area contributed by atoms with Gasteiger partial charge in [0.05, 0.1) is 0 Å². The summed E-state index contributed by atoms with van der Waals surface area (Å²) >= 11 is 0.